The van der Waals surface area contributed by atoms with Gasteiger partial charge in [-0.2, -0.15) is 9.61 Å². The lowest BCUT2D eigenvalue weighted by atomic mass is 10.1. The summed E-state index contributed by atoms with van der Waals surface area (Å²) in [5.74, 6) is 1.03. The first-order valence-electron chi connectivity index (χ1n) is 7.86. The molecule has 2 N–H and O–H groups in total. The van der Waals surface area contributed by atoms with Crippen LogP contribution < -0.4 is 10.6 Å². The minimum absolute atomic E-state index is 0.861. The highest BCUT2D eigenvalue weighted by Gasteiger charge is 2.14. The van der Waals surface area contributed by atoms with E-state index in [1.807, 2.05) is 49.9 Å². The van der Waals surface area contributed by atoms with Gasteiger partial charge in [0.1, 0.15) is 5.82 Å². The van der Waals surface area contributed by atoms with Crippen LogP contribution in [0.4, 0.5) is 5.82 Å². The maximum absolute atomic E-state index is 4.71. The summed E-state index contributed by atoms with van der Waals surface area (Å²) in [6.45, 7) is 7.06. The molecule has 0 aliphatic carbocycles. The summed E-state index contributed by atoms with van der Waals surface area (Å²) < 4.78 is 1.90. The van der Waals surface area contributed by atoms with Gasteiger partial charge in [0.15, 0.2) is 5.65 Å². The highest BCUT2D eigenvalue weighted by molar-refractivity contribution is 5.78. The number of rotatable bonds is 3. The van der Waals surface area contributed by atoms with E-state index >= 15 is 0 Å². The molecule has 3 rings (SSSR count). The van der Waals surface area contributed by atoms with Crippen LogP contribution in [0, 0.1) is 13.8 Å². The van der Waals surface area contributed by atoms with Gasteiger partial charge in [0.2, 0.25) is 0 Å². The van der Waals surface area contributed by atoms with Crippen molar-refractivity contribution in [1.82, 2.24) is 19.9 Å². The number of nitrogens with zero attached hydrogens (tertiary/aromatic N) is 3. The van der Waals surface area contributed by atoms with E-state index < -0.39 is 0 Å². The molecule has 2 aromatic heterocycles. The SMILES string of the molecule is CCNc1c(C)c(C)nc2c(-c3ccccc3)cnn12.CNC. The molecule has 0 aliphatic rings. The van der Waals surface area contributed by atoms with Crippen molar-refractivity contribution in [2.24, 2.45) is 0 Å². The Kier molecular flexibility index (Phi) is 5.71. The number of aromatic nitrogens is 3. The summed E-state index contributed by atoms with van der Waals surface area (Å²) in [7, 11) is 3.75. The van der Waals surface area contributed by atoms with Crippen molar-refractivity contribution in [2.75, 3.05) is 26.0 Å². The summed E-state index contributed by atoms with van der Waals surface area (Å²) >= 11 is 0. The van der Waals surface area contributed by atoms with Crippen LogP contribution in [0.25, 0.3) is 16.8 Å². The standard InChI is InChI=1S/C16H18N4.C2H7N/c1-4-17-15-11(2)12(3)19-16-14(10-18-20(15)16)13-8-6-5-7-9-13;1-3-2/h5-10,17H,4H2,1-3H3;3H,1-2H3. The molecular weight excluding hydrogens is 286 g/mol. The number of anilines is 1. The zero-order valence-electron chi connectivity index (χ0n) is 14.5. The van der Waals surface area contributed by atoms with E-state index in [0.29, 0.717) is 0 Å². The lowest BCUT2D eigenvalue weighted by Crippen LogP contribution is -2.09. The molecule has 23 heavy (non-hydrogen) atoms. The van der Waals surface area contributed by atoms with Gasteiger partial charge in [-0.15, -0.1) is 0 Å². The molecule has 2 heterocycles. The van der Waals surface area contributed by atoms with Crippen LogP contribution in [0.2, 0.25) is 0 Å². The summed E-state index contributed by atoms with van der Waals surface area (Å²) in [5.41, 5.74) is 5.27. The number of aryl methyl sites for hydroxylation is 1. The maximum atomic E-state index is 4.71. The molecule has 0 atom stereocenters. The molecule has 3 aromatic rings. The van der Waals surface area contributed by atoms with Crippen LogP contribution >= 0.6 is 0 Å². The maximum Gasteiger partial charge on any atom is 0.165 e. The molecule has 1 aromatic carbocycles. The summed E-state index contributed by atoms with van der Waals surface area (Å²) in [6.07, 6.45) is 1.89. The summed E-state index contributed by atoms with van der Waals surface area (Å²) in [4.78, 5) is 4.71. The minimum Gasteiger partial charge on any atom is -0.370 e. The van der Waals surface area contributed by atoms with Crippen LogP contribution in [-0.2, 0) is 0 Å². The Morgan fingerprint density at radius 3 is 2.35 bits per heavy atom. The monoisotopic (exact) mass is 311 g/mol. The fourth-order valence-electron chi connectivity index (χ4n) is 2.38. The highest BCUT2D eigenvalue weighted by atomic mass is 15.3. The zero-order valence-corrected chi connectivity index (χ0v) is 14.5. The van der Waals surface area contributed by atoms with Gasteiger partial charge in [-0.05, 0) is 40.4 Å². The van der Waals surface area contributed by atoms with Crippen molar-refractivity contribution >= 4 is 11.5 Å². The van der Waals surface area contributed by atoms with Gasteiger partial charge in [0, 0.05) is 23.4 Å². The zero-order chi connectivity index (χ0) is 16.8. The number of hydrogen-bond acceptors (Lipinski definition) is 4. The normalized spacial score (nSPS) is 10.3. The third kappa shape index (κ3) is 3.51. The average Bonchev–Trinajstić information content (AvgIpc) is 2.97. The van der Waals surface area contributed by atoms with E-state index in [4.69, 9.17) is 4.98 Å². The fourth-order valence-corrected chi connectivity index (χ4v) is 2.38. The lowest BCUT2D eigenvalue weighted by molar-refractivity contribution is 0.909. The Labute approximate surface area is 137 Å². The van der Waals surface area contributed by atoms with Crippen molar-refractivity contribution in [1.29, 1.82) is 0 Å². The van der Waals surface area contributed by atoms with Gasteiger partial charge >= 0.3 is 0 Å². The van der Waals surface area contributed by atoms with Crippen molar-refractivity contribution in [3.63, 3.8) is 0 Å². The van der Waals surface area contributed by atoms with Crippen LogP contribution in [0.5, 0.6) is 0 Å². The smallest absolute Gasteiger partial charge is 0.165 e. The van der Waals surface area contributed by atoms with Crippen LogP contribution in [0.1, 0.15) is 18.2 Å². The topological polar surface area (TPSA) is 54.2 Å². The predicted octanol–water partition coefficient (Wildman–Crippen LogP) is 3.28. The Bertz CT molecular complexity index is 762. The molecule has 0 bridgehead atoms. The number of fused-ring (bicyclic) bond motifs is 1. The van der Waals surface area contributed by atoms with E-state index in [1.165, 1.54) is 0 Å². The highest BCUT2D eigenvalue weighted by Crippen LogP contribution is 2.27. The molecule has 0 radical (unpaired) electrons. The third-order valence-corrected chi connectivity index (χ3v) is 3.56. The number of hydrogen-bond donors (Lipinski definition) is 2. The molecule has 5 nitrogen and oxygen atoms in total. The third-order valence-electron chi connectivity index (χ3n) is 3.56. The van der Waals surface area contributed by atoms with Crippen molar-refractivity contribution in [3.05, 3.63) is 47.8 Å². The van der Waals surface area contributed by atoms with E-state index in [9.17, 15) is 0 Å². The molecule has 0 aliphatic heterocycles. The minimum atomic E-state index is 0.861. The van der Waals surface area contributed by atoms with E-state index in [-0.39, 0.29) is 0 Å². The molecular formula is C18H25N5. The summed E-state index contributed by atoms with van der Waals surface area (Å²) in [6, 6.07) is 10.2. The number of nitrogens with one attached hydrogen (secondary N) is 2. The van der Waals surface area contributed by atoms with Crippen molar-refractivity contribution in [2.45, 2.75) is 20.8 Å². The Hall–Kier alpha value is -2.40. The van der Waals surface area contributed by atoms with Gasteiger partial charge in [-0.25, -0.2) is 4.98 Å². The Morgan fingerprint density at radius 2 is 1.74 bits per heavy atom. The van der Waals surface area contributed by atoms with Gasteiger partial charge in [0.05, 0.1) is 6.20 Å². The fraction of sp³-hybridized carbons (Fsp3) is 0.333. The first kappa shape index (κ1) is 17.0. The largest absolute Gasteiger partial charge is 0.370 e. The van der Waals surface area contributed by atoms with Crippen molar-refractivity contribution in [3.8, 4) is 11.1 Å². The molecule has 122 valence electrons. The van der Waals surface area contributed by atoms with Gasteiger partial charge in [-0.1, -0.05) is 30.3 Å². The molecule has 5 heteroatoms. The quantitative estimate of drug-likeness (QED) is 0.779. The predicted molar refractivity (Wildman–Crippen MR) is 97.0 cm³/mol. The Balaban J connectivity index is 0.000000595. The molecule has 0 spiro atoms. The van der Waals surface area contributed by atoms with Crippen LogP contribution in [-0.4, -0.2) is 35.2 Å². The second kappa shape index (κ2) is 7.74. The van der Waals surface area contributed by atoms with E-state index in [1.54, 1.807) is 0 Å². The average molecular weight is 311 g/mol. The molecule has 0 unspecified atom stereocenters. The number of benzene rings is 1. The van der Waals surface area contributed by atoms with E-state index in [2.05, 4.69) is 41.7 Å². The molecule has 0 fully saturated rings. The van der Waals surface area contributed by atoms with Crippen LogP contribution in [0.15, 0.2) is 36.5 Å². The molecule has 0 amide bonds. The first-order valence-corrected chi connectivity index (χ1v) is 7.86. The molecule has 0 saturated carbocycles. The first-order chi connectivity index (χ1) is 11.1. The van der Waals surface area contributed by atoms with Gasteiger partial charge in [-0.3, -0.25) is 0 Å². The summed E-state index contributed by atoms with van der Waals surface area (Å²) in [5, 5.41) is 10.6. The lowest BCUT2D eigenvalue weighted by Gasteiger charge is -2.12. The van der Waals surface area contributed by atoms with Gasteiger partial charge < -0.3 is 10.6 Å². The van der Waals surface area contributed by atoms with E-state index in [0.717, 1.165) is 40.4 Å². The Morgan fingerprint density at radius 1 is 1.09 bits per heavy atom. The van der Waals surface area contributed by atoms with Crippen LogP contribution in [0.3, 0.4) is 0 Å². The second-order valence-corrected chi connectivity index (χ2v) is 5.36. The van der Waals surface area contributed by atoms with Crippen molar-refractivity contribution < 1.29 is 0 Å². The van der Waals surface area contributed by atoms with Gasteiger partial charge in [0.25, 0.3) is 0 Å². The molecule has 0 saturated heterocycles. The second-order valence-electron chi connectivity index (χ2n) is 5.36.